The molecule has 0 fully saturated rings. The van der Waals surface area contributed by atoms with Gasteiger partial charge >= 0.3 is 0 Å². The summed E-state index contributed by atoms with van der Waals surface area (Å²) >= 11 is 10.8. The van der Waals surface area contributed by atoms with E-state index in [4.69, 9.17) is 16.9 Å². The van der Waals surface area contributed by atoms with Crippen molar-refractivity contribution in [3.8, 4) is 6.19 Å². The lowest BCUT2D eigenvalue weighted by atomic mass is 10.2. The molecule has 0 saturated heterocycles. The van der Waals surface area contributed by atoms with Gasteiger partial charge in [-0.15, -0.1) is 0 Å². The van der Waals surface area contributed by atoms with Crippen molar-refractivity contribution in [1.29, 1.82) is 5.26 Å². The third-order valence-corrected chi connectivity index (χ3v) is 3.94. The smallest absolute Gasteiger partial charge is 0.183 e. The molecule has 0 amide bonds. The summed E-state index contributed by atoms with van der Waals surface area (Å²) in [7, 11) is 0. The molecular formula is C10H9BrClN3S. The maximum Gasteiger partial charge on any atom is 0.183 e. The molecule has 1 rings (SSSR count). The number of thioether (sulfide) groups is 1. The van der Waals surface area contributed by atoms with Crippen LogP contribution in [-0.4, -0.2) is 11.4 Å². The van der Waals surface area contributed by atoms with E-state index in [2.05, 4.69) is 26.2 Å². The monoisotopic (exact) mass is 317 g/mol. The number of nitrogens with one attached hydrogen (secondary N) is 1. The van der Waals surface area contributed by atoms with Crippen molar-refractivity contribution in [1.82, 2.24) is 5.32 Å². The van der Waals surface area contributed by atoms with Crippen LogP contribution >= 0.6 is 39.3 Å². The van der Waals surface area contributed by atoms with E-state index in [0.717, 1.165) is 15.7 Å². The molecule has 0 aliphatic rings. The van der Waals surface area contributed by atoms with Crippen molar-refractivity contribution in [2.24, 2.45) is 4.99 Å². The fourth-order valence-electron chi connectivity index (χ4n) is 1.06. The minimum absolute atomic E-state index is 0.542. The molecule has 16 heavy (non-hydrogen) atoms. The van der Waals surface area contributed by atoms with Crippen molar-refractivity contribution in [3.63, 3.8) is 0 Å². The molecule has 0 unspecified atom stereocenters. The van der Waals surface area contributed by atoms with Crippen LogP contribution in [0.4, 0.5) is 5.69 Å². The van der Waals surface area contributed by atoms with Gasteiger partial charge in [0.15, 0.2) is 11.4 Å². The third kappa shape index (κ3) is 3.41. The summed E-state index contributed by atoms with van der Waals surface area (Å²) in [6, 6.07) is 3.64. The Morgan fingerprint density at radius 3 is 2.81 bits per heavy atom. The van der Waals surface area contributed by atoms with Crippen LogP contribution in [0.25, 0.3) is 0 Å². The van der Waals surface area contributed by atoms with Gasteiger partial charge in [-0.3, -0.25) is 5.32 Å². The van der Waals surface area contributed by atoms with Gasteiger partial charge in [0.25, 0.3) is 0 Å². The van der Waals surface area contributed by atoms with E-state index >= 15 is 0 Å². The molecule has 0 spiro atoms. The molecule has 0 radical (unpaired) electrons. The Morgan fingerprint density at radius 1 is 1.62 bits per heavy atom. The topological polar surface area (TPSA) is 48.2 Å². The second kappa shape index (κ2) is 6.14. The molecule has 3 nitrogen and oxygen atoms in total. The largest absolute Gasteiger partial charge is 0.271 e. The molecule has 84 valence electrons. The summed E-state index contributed by atoms with van der Waals surface area (Å²) in [6.07, 6.45) is 3.68. The number of aryl methyl sites for hydroxylation is 1. The van der Waals surface area contributed by atoms with Gasteiger partial charge in [-0.2, -0.15) is 5.26 Å². The molecule has 0 aliphatic carbocycles. The van der Waals surface area contributed by atoms with E-state index < -0.39 is 0 Å². The molecule has 1 aromatic rings. The minimum Gasteiger partial charge on any atom is -0.271 e. The predicted molar refractivity (Wildman–Crippen MR) is 73.2 cm³/mol. The molecule has 0 aliphatic heterocycles. The van der Waals surface area contributed by atoms with E-state index in [-0.39, 0.29) is 0 Å². The number of benzene rings is 1. The van der Waals surface area contributed by atoms with Gasteiger partial charge in [0.2, 0.25) is 0 Å². The third-order valence-electron chi connectivity index (χ3n) is 1.78. The maximum absolute atomic E-state index is 8.51. The van der Waals surface area contributed by atoms with Gasteiger partial charge in [-0.05, 0) is 46.8 Å². The van der Waals surface area contributed by atoms with Crippen molar-refractivity contribution >= 4 is 50.1 Å². The predicted octanol–water partition coefficient (Wildman–Crippen LogP) is 3.83. The summed E-state index contributed by atoms with van der Waals surface area (Å²) in [5, 5.41) is 12.2. The summed E-state index contributed by atoms with van der Waals surface area (Å²) in [5.41, 5.74) is 1.72. The fraction of sp³-hybridized carbons (Fsp3) is 0.200. The zero-order valence-electron chi connectivity index (χ0n) is 8.71. The van der Waals surface area contributed by atoms with Crippen molar-refractivity contribution in [2.75, 3.05) is 6.26 Å². The fourth-order valence-corrected chi connectivity index (χ4v) is 1.90. The Morgan fingerprint density at radius 2 is 2.31 bits per heavy atom. The highest BCUT2D eigenvalue weighted by Gasteiger charge is 2.04. The number of rotatable bonds is 1. The number of hydrogen-bond acceptors (Lipinski definition) is 3. The van der Waals surface area contributed by atoms with Crippen LogP contribution in [0.15, 0.2) is 21.6 Å². The second-order valence-electron chi connectivity index (χ2n) is 2.92. The zero-order valence-corrected chi connectivity index (χ0v) is 11.9. The highest BCUT2D eigenvalue weighted by molar-refractivity contribution is 9.10. The first-order chi connectivity index (χ1) is 7.58. The van der Waals surface area contributed by atoms with Crippen molar-refractivity contribution < 1.29 is 0 Å². The lowest BCUT2D eigenvalue weighted by Crippen LogP contribution is -2.12. The SMILES string of the molecule is CSC(=Nc1cc(C)c(Br)c(Cl)c1)NC#N. The van der Waals surface area contributed by atoms with Gasteiger partial charge in [-0.25, -0.2) is 4.99 Å². The Balaban J connectivity index is 3.11. The Kier molecular flexibility index (Phi) is 5.13. The Labute approximate surface area is 112 Å². The molecule has 0 heterocycles. The van der Waals surface area contributed by atoms with E-state index in [9.17, 15) is 0 Å². The van der Waals surface area contributed by atoms with Gasteiger partial charge < -0.3 is 0 Å². The van der Waals surface area contributed by atoms with Crippen LogP contribution in [0.1, 0.15) is 5.56 Å². The minimum atomic E-state index is 0.542. The lowest BCUT2D eigenvalue weighted by Gasteiger charge is -2.04. The number of nitrogens with zero attached hydrogens (tertiary/aromatic N) is 2. The first-order valence-electron chi connectivity index (χ1n) is 4.32. The van der Waals surface area contributed by atoms with E-state index in [0.29, 0.717) is 10.2 Å². The number of nitriles is 1. The van der Waals surface area contributed by atoms with E-state index in [1.165, 1.54) is 11.8 Å². The van der Waals surface area contributed by atoms with Gasteiger partial charge in [0.05, 0.1) is 10.7 Å². The first kappa shape index (κ1) is 13.4. The van der Waals surface area contributed by atoms with Crippen LogP contribution in [0.5, 0.6) is 0 Å². The van der Waals surface area contributed by atoms with Crippen LogP contribution in [0.2, 0.25) is 5.02 Å². The summed E-state index contributed by atoms with van der Waals surface area (Å²) in [5.74, 6) is 0. The molecule has 0 aromatic heterocycles. The van der Waals surface area contributed by atoms with Crippen LogP contribution in [0.3, 0.4) is 0 Å². The molecular weight excluding hydrogens is 310 g/mol. The van der Waals surface area contributed by atoms with Crippen LogP contribution < -0.4 is 5.32 Å². The standard InChI is InChI=1S/C10H9BrClN3S/c1-6-3-7(4-8(12)9(6)11)15-10(16-2)14-5-13/h3-4H,1-2H3,(H,14,15). The van der Waals surface area contributed by atoms with Crippen molar-refractivity contribution in [3.05, 3.63) is 27.2 Å². The zero-order chi connectivity index (χ0) is 12.1. The van der Waals surface area contributed by atoms with E-state index in [1.807, 2.05) is 25.4 Å². The average molecular weight is 319 g/mol. The summed E-state index contributed by atoms with van der Waals surface area (Å²) in [6.45, 7) is 1.94. The quantitative estimate of drug-likeness (QED) is 0.370. The Hall–Kier alpha value is -0.700. The molecule has 0 bridgehead atoms. The van der Waals surface area contributed by atoms with Gasteiger partial charge in [0.1, 0.15) is 0 Å². The highest BCUT2D eigenvalue weighted by atomic mass is 79.9. The molecule has 1 N–H and O–H groups in total. The molecule has 0 saturated carbocycles. The Bertz CT molecular complexity index is 445. The van der Waals surface area contributed by atoms with Gasteiger partial charge in [-0.1, -0.05) is 23.4 Å². The summed E-state index contributed by atoms with van der Waals surface area (Å²) in [4.78, 5) is 4.27. The lowest BCUT2D eigenvalue weighted by molar-refractivity contribution is 1.27. The summed E-state index contributed by atoms with van der Waals surface area (Å²) < 4.78 is 0.868. The van der Waals surface area contributed by atoms with Gasteiger partial charge in [0, 0.05) is 4.47 Å². The average Bonchev–Trinajstić information content (AvgIpc) is 2.25. The molecule has 6 heteroatoms. The maximum atomic E-state index is 8.51. The second-order valence-corrected chi connectivity index (χ2v) is 4.91. The first-order valence-corrected chi connectivity index (χ1v) is 6.71. The highest BCUT2D eigenvalue weighted by Crippen LogP contribution is 2.31. The van der Waals surface area contributed by atoms with Crippen LogP contribution in [0, 0.1) is 18.4 Å². The number of aliphatic imine (C=N–C) groups is 1. The molecule has 1 aromatic carbocycles. The number of hydrogen-bond donors (Lipinski definition) is 1. The van der Waals surface area contributed by atoms with E-state index in [1.54, 1.807) is 6.07 Å². The van der Waals surface area contributed by atoms with Crippen LogP contribution in [-0.2, 0) is 0 Å². The number of amidine groups is 1. The number of halogens is 2. The molecule has 0 atom stereocenters. The van der Waals surface area contributed by atoms with Crippen molar-refractivity contribution in [2.45, 2.75) is 6.92 Å². The normalized spacial score (nSPS) is 11.1.